The van der Waals surface area contributed by atoms with Crippen LogP contribution in [0.25, 0.3) is 10.9 Å². The van der Waals surface area contributed by atoms with E-state index in [0.717, 1.165) is 11.1 Å². The van der Waals surface area contributed by atoms with Crippen molar-refractivity contribution in [3.8, 4) is 6.07 Å². The summed E-state index contributed by atoms with van der Waals surface area (Å²) >= 11 is 0. The first-order valence-corrected chi connectivity index (χ1v) is 10.4. The zero-order chi connectivity index (χ0) is 22.0. The standard InChI is InChI=1S/C24H22F2N4O/c1-14-9-17(15(2)28-19-6-4-3-5-16(19)11-27)20-18(10-14)21(31)30-8-7-23(22(30)29-20)12-24(25,26)13-23/h3-6,9-10,15,28H,7-8,12-13H2,1-2H3/t15-/m1/s1. The van der Waals surface area contributed by atoms with E-state index in [1.165, 1.54) is 0 Å². The smallest absolute Gasteiger partial charge is 0.261 e. The third kappa shape index (κ3) is 3.01. The van der Waals surface area contributed by atoms with Crippen molar-refractivity contribution in [3.63, 3.8) is 0 Å². The summed E-state index contributed by atoms with van der Waals surface area (Å²) in [5.41, 5.74) is 2.64. The Morgan fingerprint density at radius 1 is 1.26 bits per heavy atom. The van der Waals surface area contributed by atoms with Crippen LogP contribution in [-0.4, -0.2) is 15.5 Å². The van der Waals surface area contributed by atoms with E-state index in [2.05, 4.69) is 11.4 Å². The Kier molecular flexibility index (Phi) is 4.20. The number of aryl methyl sites for hydroxylation is 1. The summed E-state index contributed by atoms with van der Waals surface area (Å²) in [4.78, 5) is 18.1. The first kappa shape index (κ1) is 19.7. The lowest BCUT2D eigenvalue weighted by molar-refractivity contribution is -0.127. The van der Waals surface area contributed by atoms with Gasteiger partial charge in [0.25, 0.3) is 5.56 Å². The van der Waals surface area contributed by atoms with Crippen molar-refractivity contribution in [2.24, 2.45) is 0 Å². The molecule has 5 nitrogen and oxygen atoms in total. The third-order valence-corrected chi connectivity index (χ3v) is 6.60. The van der Waals surface area contributed by atoms with Gasteiger partial charge in [-0.1, -0.05) is 18.2 Å². The van der Waals surface area contributed by atoms with E-state index in [0.29, 0.717) is 40.9 Å². The first-order chi connectivity index (χ1) is 14.7. The maximum atomic E-state index is 13.8. The second kappa shape index (κ2) is 6.61. The lowest BCUT2D eigenvalue weighted by atomic mass is 9.65. The molecule has 158 valence electrons. The molecule has 3 aromatic rings. The van der Waals surface area contributed by atoms with Crippen LogP contribution in [0.5, 0.6) is 0 Å². The molecule has 1 aromatic heterocycles. The highest BCUT2D eigenvalue weighted by molar-refractivity contribution is 5.83. The molecule has 1 N–H and O–H groups in total. The summed E-state index contributed by atoms with van der Waals surface area (Å²) in [6.07, 6.45) is 0.0315. The van der Waals surface area contributed by atoms with Crippen molar-refractivity contribution in [2.75, 3.05) is 5.32 Å². The van der Waals surface area contributed by atoms with Gasteiger partial charge in [-0.2, -0.15) is 5.26 Å². The number of halogens is 2. The van der Waals surface area contributed by atoms with Crippen molar-refractivity contribution in [1.29, 1.82) is 5.26 Å². The number of benzene rings is 2. The average Bonchev–Trinajstić information content (AvgIpc) is 3.06. The highest BCUT2D eigenvalue weighted by atomic mass is 19.3. The molecule has 0 unspecified atom stereocenters. The van der Waals surface area contributed by atoms with Gasteiger partial charge in [-0.25, -0.2) is 13.8 Å². The number of nitrogens with zero attached hydrogens (tertiary/aromatic N) is 3. The van der Waals surface area contributed by atoms with Gasteiger partial charge in [0, 0.05) is 30.4 Å². The van der Waals surface area contributed by atoms with Gasteiger partial charge in [-0.05, 0) is 44.0 Å². The molecule has 1 saturated carbocycles. The Bertz CT molecular complexity index is 1310. The SMILES string of the molecule is Cc1cc([C@@H](C)Nc2ccccc2C#N)c2nc3n(c(=O)c2c1)CCC31CC(F)(F)C1. The van der Waals surface area contributed by atoms with E-state index in [1.54, 1.807) is 16.7 Å². The lowest BCUT2D eigenvalue weighted by Crippen LogP contribution is -2.49. The molecule has 0 amide bonds. The molecule has 1 aliphatic carbocycles. The van der Waals surface area contributed by atoms with E-state index >= 15 is 0 Å². The molecule has 1 atom stereocenters. The Morgan fingerprint density at radius 3 is 2.71 bits per heavy atom. The number of anilines is 1. The topological polar surface area (TPSA) is 70.7 Å². The number of nitrogens with one attached hydrogen (secondary N) is 1. The Labute approximate surface area is 178 Å². The minimum absolute atomic E-state index is 0.165. The van der Waals surface area contributed by atoms with E-state index in [4.69, 9.17) is 4.98 Å². The number of aromatic nitrogens is 2. The van der Waals surface area contributed by atoms with E-state index in [-0.39, 0.29) is 24.4 Å². The van der Waals surface area contributed by atoms with Gasteiger partial charge < -0.3 is 5.32 Å². The van der Waals surface area contributed by atoms with Gasteiger partial charge in [0.15, 0.2) is 0 Å². The minimum atomic E-state index is -2.69. The van der Waals surface area contributed by atoms with Crippen LogP contribution in [0.3, 0.4) is 0 Å². The Balaban J connectivity index is 1.64. The summed E-state index contributed by atoms with van der Waals surface area (Å²) in [6, 6.07) is 12.9. The van der Waals surface area contributed by atoms with Crippen LogP contribution in [-0.2, 0) is 12.0 Å². The molecule has 2 aromatic carbocycles. The van der Waals surface area contributed by atoms with Gasteiger partial charge >= 0.3 is 0 Å². The second-order valence-electron chi connectivity index (χ2n) is 8.91. The van der Waals surface area contributed by atoms with E-state index in [9.17, 15) is 18.8 Å². The number of alkyl halides is 2. The number of hydrogen-bond donors (Lipinski definition) is 1. The second-order valence-corrected chi connectivity index (χ2v) is 8.91. The molecule has 1 aliphatic heterocycles. The molecule has 2 aliphatic rings. The molecule has 2 heterocycles. The Morgan fingerprint density at radius 2 is 2.00 bits per heavy atom. The molecule has 7 heteroatoms. The summed E-state index contributed by atoms with van der Waals surface area (Å²) in [7, 11) is 0. The van der Waals surface area contributed by atoms with Crippen LogP contribution in [0.1, 0.15) is 54.7 Å². The van der Waals surface area contributed by atoms with Crippen LogP contribution in [0, 0.1) is 18.3 Å². The molecule has 0 radical (unpaired) electrons. The maximum absolute atomic E-state index is 13.8. The first-order valence-electron chi connectivity index (χ1n) is 10.4. The normalized spacial score (nSPS) is 18.9. The molecule has 0 saturated heterocycles. The van der Waals surface area contributed by atoms with Gasteiger partial charge in [0.1, 0.15) is 11.9 Å². The third-order valence-electron chi connectivity index (χ3n) is 6.60. The van der Waals surface area contributed by atoms with Crippen LogP contribution in [0.4, 0.5) is 14.5 Å². The number of nitriles is 1. The molecular weight excluding hydrogens is 398 g/mol. The summed E-state index contributed by atoms with van der Waals surface area (Å²) in [6.45, 7) is 4.30. The number of rotatable bonds is 3. The molecule has 1 fully saturated rings. The number of fused-ring (bicyclic) bond motifs is 3. The van der Waals surface area contributed by atoms with Crippen LogP contribution in [0.2, 0.25) is 0 Å². The molecule has 1 spiro atoms. The predicted molar refractivity (Wildman–Crippen MR) is 114 cm³/mol. The average molecular weight is 420 g/mol. The molecular formula is C24H22F2N4O. The number of para-hydroxylation sites is 1. The predicted octanol–water partition coefficient (Wildman–Crippen LogP) is 4.82. The van der Waals surface area contributed by atoms with Crippen molar-refractivity contribution in [1.82, 2.24) is 9.55 Å². The fourth-order valence-corrected chi connectivity index (χ4v) is 5.17. The maximum Gasteiger partial charge on any atom is 0.261 e. The van der Waals surface area contributed by atoms with Crippen molar-refractivity contribution < 1.29 is 8.78 Å². The minimum Gasteiger partial charge on any atom is -0.377 e. The van der Waals surface area contributed by atoms with Crippen molar-refractivity contribution in [2.45, 2.75) is 57.0 Å². The van der Waals surface area contributed by atoms with Crippen LogP contribution in [0.15, 0.2) is 41.2 Å². The lowest BCUT2D eigenvalue weighted by Gasteiger charge is -2.43. The zero-order valence-corrected chi connectivity index (χ0v) is 17.4. The molecule has 0 bridgehead atoms. The number of hydrogen-bond acceptors (Lipinski definition) is 4. The zero-order valence-electron chi connectivity index (χ0n) is 17.4. The fourth-order valence-electron chi connectivity index (χ4n) is 5.17. The highest BCUT2D eigenvalue weighted by Gasteiger charge is 2.61. The van der Waals surface area contributed by atoms with Crippen LogP contribution >= 0.6 is 0 Å². The molecule has 31 heavy (non-hydrogen) atoms. The van der Waals surface area contributed by atoms with E-state index < -0.39 is 11.3 Å². The van der Waals surface area contributed by atoms with Crippen molar-refractivity contribution >= 4 is 16.6 Å². The van der Waals surface area contributed by atoms with Gasteiger partial charge in [0.2, 0.25) is 5.92 Å². The largest absolute Gasteiger partial charge is 0.377 e. The quantitative estimate of drug-likeness (QED) is 0.660. The van der Waals surface area contributed by atoms with E-state index in [1.807, 2.05) is 38.1 Å². The highest BCUT2D eigenvalue weighted by Crippen LogP contribution is 2.57. The van der Waals surface area contributed by atoms with Gasteiger partial charge in [-0.15, -0.1) is 0 Å². The van der Waals surface area contributed by atoms with Gasteiger partial charge in [0.05, 0.1) is 28.2 Å². The van der Waals surface area contributed by atoms with Gasteiger partial charge in [-0.3, -0.25) is 9.36 Å². The Hall–Kier alpha value is -3.27. The summed E-state index contributed by atoms with van der Waals surface area (Å²) in [5.74, 6) is -2.20. The monoisotopic (exact) mass is 420 g/mol. The van der Waals surface area contributed by atoms with Crippen LogP contribution < -0.4 is 10.9 Å². The molecule has 5 rings (SSSR count). The fraction of sp³-hybridized carbons (Fsp3) is 0.375. The van der Waals surface area contributed by atoms with Crippen molar-refractivity contribution in [3.05, 3.63) is 69.3 Å². The summed E-state index contributed by atoms with van der Waals surface area (Å²) < 4.78 is 29.1. The summed E-state index contributed by atoms with van der Waals surface area (Å²) in [5, 5.41) is 13.2.